The molecule has 31 heavy (non-hydrogen) atoms. The van der Waals surface area contributed by atoms with Crippen molar-refractivity contribution in [2.75, 3.05) is 0 Å². The molecule has 2 atom stereocenters. The first kappa shape index (κ1) is 25.4. The Kier molecular flexibility index (Phi) is 8.71. The Bertz CT molecular complexity index is 1200. The number of hydrogen-bond acceptors (Lipinski definition) is 1. The first-order chi connectivity index (χ1) is 13.7. The number of aliphatic hydroxyl groups is 1. The second-order valence-electron chi connectivity index (χ2n) is 7.49. The van der Waals surface area contributed by atoms with E-state index in [2.05, 4.69) is 91.0 Å². The van der Waals surface area contributed by atoms with Crippen molar-refractivity contribution in [3.05, 3.63) is 119 Å². The Morgan fingerprint density at radius 2 is 1.35 bits per heavy atom. The summed E-state index contributed by atoms with van der Waals surface area (Å²) < 4.78 is 0. The fraction of sp³-hybridized carbons (Fsp3) is 0.111. The van der Waals surface area contributed by atoms with Crippen LogP contribution in [-0.4, -0.2) is 5.11 Å². The van der Waals surface area contributed by atoms with Gasteiger partial charge in [-0.2, -0.15) is 0 Å². The molecule has 1 aliphatic carbocycles. The summed E-state index contributed by atoms with van der Waals surface area (Å²) in [5.74, 6) is 0.118. The van der Waals surface area contributed by atoms with E-state index in [0.29, 0.717) is 0 Å². The van der Waals surface area contributed by atoms with Crippen LogP contribution < -0.4 is 24.8 Å². The average molecular weight is 481 g/mol. The molecule has 154 valence electrons. The molecule has 0 saturated heterocycles. The molecule has 0 saturated carbocycles. The van der Waals surface area contributed by atoms with Gasteiger partial charge in [-0.25, -0.2) is 0 Å². The summed E-state index contributed by atoms with van der Waals surface area (Å²) in [6.07, 6.45) is 1.77. The number of hydrogen-bond donors (Lipinski definition) is 1. The average Bonchev–Trinajstić information content (AvgIpc) is 3.13. The van der Waals surface area contributed by atoms with Crippen molar-refractivity contribution in [1.82, 2.24) is 0 Å². The first-order valence-electron chi connectivity index (χ1n) is 9.79. The number of benzene rings is 4. The maximum atomic E-state index is 10.7. The van der Waals surface area contributed by atoms with Gasteiger partial charge in [-0.05, 0) is 57.2 Å². The van der Waals surface area contributed by atoms with E-state index >= 15 is 0 Å². The molecule has 4 aromatic rings. The quantitative estimate of drug-likeness (QED) is 0.425. The van der Waals surface area contributed by atoms with Gasteiger partial charge in [0.25, 0.3) is 0 Å². The predicted octanol–water partition coefficient (Wildman–Crippen LogP) is 0.585. The zero-order valence-corrected chi connectivity index (χ0v) is 20.2. The SMILES string of the molecule is CC(O)c1c(C2C(c3ccccc3)=Cc3ccccc32)ccc2ccccc12.[Cl-].[Cl-].[Ti+2]. The second kappa shape index (κ2) is 10.6. The second-order valence-corrected chi connectivity index (χ2v) is 7.49. The van der Waals surface area contributed by atoms with E-state index in [1.54, 1.807) is 0 Å². The third kappa shape index (κ3) is 4.53. The van der Waals surface area contributed by atoms with E-state index in [9.17, 15) is 5.11 Å². The molecule has 1 nitrogen and oxygen atoms in total. The van der Waals surface area contributed by atoms with Gasteiger partial charge < -0.3 is 29.9 Å². The summed E-state index contributed by atoms with van der Waals surface area (Å²) in [5, 5.41) is 13.0. The Hall–Kier alpha value is -1.87. The van der Waals surface area contributed by atoms with Crippen LogP contribution in [0.15, 0.2) is 91.0 Å². The molecule has 4 heteroatoms. The minimum Gasteiger partial charge on any atom is -1.00 e. The van der Waals surface area contributed by atoms with Gasteiger partial charge in [0.2, 0.25) is 0 Å². The van der Waals surface area contributed by atoms with Crippen molar-refractivity contribution >= 4 is 22.4 Å². The van der Waals surface area contributed by atoms with Gasteiger partial charge in [-0.1, -0.05) is 91.0 Å². The van der Waals surface area contributed by atoms with Crippen molar-refractivity contribution in [2.45, 2.75) is 18.9 Å². The third-order valence-corrected chi connectivity index (χ3v) is 5.77. The van der Waals surface area contributed by atoms with Crippen LogP contribution in [0, 0.1) is 0 Å². The zero-order valence-electron chi connectivity index (χ0n) is 17.1. The fourth-order valence-electron chi connectivity index (χ4n) is 4.57. The molecule has 4 aromatic carbocycles. The number of allylic oxidation sites excluding steroid dienone is 1. The third-order valence-electron chi connectivity index (χ3n) is 5.77. The molecular formula is C27H22Cl2OTi. The van der Waals surface area contributed by atoms with Crippen molar-refractivity contribution in [1.29, 1.82) is 0 Å². The van der Waals surface area contributed by atoms with Gasteiger partial charge in [-0.15, -0.1) is 0 Å². The summed E-state index contributed by atoms with van der Waals surface area (Å²) in [4.78, 5) is 0. The summed E-state index contributed by atoms with van der Waals surface area (Å²) in [6.45, 7) is 1.87. The summed E-state index contributed by atoms with van der Waals surface area (Å²) in [5.41, 5.74) is 7.30. The van der Waals surface area contributed by atoms with Gasteiger partial charge >= 0.3 is 21.7 Å². The van der Waals surface area contributed by atoms with E-state index < -0.39 is 6.10 Å². The zero-order chi connectivity index (χ0) is 19.1. The van der Waals surface area contributed by atoms with Crippen LogP contribution in [0.5, 0.6) is 0 Å². The molecule has 0 bridgehead atoms. The van der Waals surface area contributed by atoms with E-state index in [4.69, 9.17) is 0 Å². The first-order valence-corrected chi connectivity index (χ1v) is 9.79. The largest absolute Gasteiger partial charge is 2.00 e. The molecule has 0 heterocycles. The van der Waals surface area contributed by atoms with Crippen LogP contribution in [-0.2, 0) is 21.7 Å². The number of fused-ring (bicyclic) bond motifs is 2. The van der Waals surface area contributed by atoms with E-state index in [-0.39, 0.29) is 52.4 Å². The van der Waals surface area contributed by atoms with Crippen LogP contribution in [0.25, 0.3) is 22.4 Å². The van der Waals surface area contributed by atoms with Crippen molar-refractivity contribution in [3.63, 3.8) is 0 Å². The molecule has 0 aliphatic heterocycles. The Balaban J connectivity index is 0.00000114. The summed E-state index contributed by atoms with van der Waals surface area (Å²) >= 11 is 0. The summed E-state index contributed by atoms with van der Waals surface area (Å²) in [7, 11) is 0. The van der Waals surface area contributed by atoms with Gasteiger partial charge in [0.1, 0.15) is 0 Å². The number of rotatable bonds is 3. The molecule has 0 fully saturated rings. The van der Waals surface area contributed by atoms with Gasteiger partial charge in [0.05, 0.1) is 6.10 Å². The topological polar surface area (TPSA) is 20.2 Å². The monoisotopic (exact) mass is 480 g/mol. The predicted molar refractivity (Wildman–Crippen MR) is 117 cm³/mol. The van der Waals surface area contributed by atoms with Crippen molar-refractivity contribution in [2.24, 2.45) is 0 Å². The van der Waals surface area contributed by atoms with E-state index in [0.717, 1.165) is 10.9 Å². The molecule has 0 spiro atoms. The molecule has 0 radical (unpaired) electrons. The molecule has 1 aliphatic rings. The van der Waals surface area contributed by atoms with E-state index in [1.165, 1.54) is 33.2 Å². The van der Waals surface area contributed by atoms with Crippen molar-refractivity contribution < 1.29 is 51.6 Å². The smallest absolute Gasteiger partial charge is 1.00 e. The minimum atomic E-state index is -0.536. The number of halogens is 2. The van der Waals surface area contributed by atoms with Crippen LogP contribution in [0.1, 0.15) is 46.8 Å². The number of aliphatic hydroxyl groups excluding tert-OH is 1. The molecule has 1 N–H and O–H groups in total. The standard InChI is InChI=1S/C27H22O.2ClH.Ti/c1-18(28)26-22-13-7-5-11-20(22)15-16-24(26)27-23-14-8-6-12-21(23)17-25(27)19-9-3-2-4-10-19;;;/h2-18,27-28H,1H3;2*1H;/q;;;+2/p-2. The van der Waals surface area contributed by atoms with Crippen LogP contribution >= 0.6 is 0 Å². The summed E-state index contributed by atoms with van der Waals surface area (Å²) in [6, 6.07) is 31.9. The van der Waals surface area contributed by atoms with Gasteiger partial charge in [0, 0.05) is 5.92 Å². The van der Waals surface area contributed by atoms with Crippen LogP contribution in [0.3, 0.4) is 0 Å². The Labute approximate surface area is 210 Å². The normalized spacial score (nSPS) is 15.0. The molecule has 0 aromatic heterocycles. The molecular weight excluding hydrogens is 459 g/mol. The van der Waals surface area contributed by atoms with Crippen LogP contribution in [0.4, 0.5) is 0 Å². The minimum absolute atomic E-state index is 0. The molecule has 0 amide bonds. The Morgan fingerprint density at radius 3 is 2.10 bits per heavy atom. The molecule has 2 unspecified atom stereocenters. The van der Waals surface area contributed by atoms with Gasteiger partial charge in [0.15, 0.2) is 0 Å². The fourth-order valence-corrected chi connectivity index (χ4v) is 4.57. The van der Waals surface area contributed by atoms with Crippen LogP contribution in [0.2, 0.25) is 0 Å². The Morgan fingerprint density at radius 1 is 0.710 bits per heavy atom. The maximum Gasteiger partial charge on any atom is 2.00 e. The van der Waals surface area contributed by atoms with Gasteiger partial charge in [-0.3, -0.25) is 0 Å². The molecule has 5 rings (SSSR count). The van der Waals surface area contributed by atoms with Crippen molar-refractivity contribution in [3.8, 4) is 0 Å². The van der Waals surface area contributed by atoms with E-state index in [1.807, 2.05) is 13.0 Å². The maximum absolute atomic E-state index is 10.7.